The molecular weight excluding hydrogens is 268 g/mol. The van der Waals surface area contributed by atoms with Crippen LogP contribution in [0.25, 0.3) is 0 Å². The molecule has 0 aliphatic rings. The molecule has 0 aliphatic carbocycles. The third-order valence-corrected chi connectivity index (χ3v) is 2.15. The van der Waals surface area contributed by atoms with Crippen LogP contribution in [0.15, 0.2) is 24.3 Å². The first kappa shape index (κ1) is 15.6. The summed E-state index contributed by atoms with van der Waals surface area (Å²) in [6.45, 7) is 1.46. The maximum Gasteiger partial charge on any atom is 0.332 e. The van der Waals surface area contributed by atoms with E-state index in [0.717, 1.165) is 0 Å². The Morgan fingerprint density at radius 3 is 2.45 bits per heavy atom. The molecule has 1 rings (SSSR count). The fourth-order valence-corrected chi connectivity index (χ4v) is 1.24. The lowest BCUT2D eigenvalue weighted by molar-refractivity contribution is -0.384. The number of hydrogen-bond donors (Lipinski definition) is 1. The van der Waals surface area contributed by atoms with Crippen LogP contribution in [-0.4, -0.2) is 36.6 Å². The zero-order valence-electron chi connectivity index (χ0n) is 10.8. The number of carbonyl (C=O) groups excluding carboxylic acids is 2. The number of anilines is 1. The second kappa shape index (κ2) is 7.85. The number of nitro benzene ring substituents is 1. The highest BCUT2D eigenvalue weighted by Crippen LogP contribution is 2.15. The van der Waals surface area contributed by atoms with Crippen LogP contribution >= 0.6 is 0 Å². The zero-order valence-corrected chi connectivity index (χ0v) is 10.8. The molecule has 0 aliphatic heterocycles. The number of benzene rings is 1. The summed E-state index contributed by atoms with van der Waals surface area (Å²) < 4.78 is 9.47. The van der Waals surface area contributed by atoms with E-state index in [1.54, 1.807) is 6.92 Å². The number of hydrogen-bond acceptors (Lipinski definition) is 6. The molecule has 0 atom stereocenters. The molecule has 1 amide bonds. The second-order valence-corrected chi connectivity index (χ2v) is 3.65. The monoisotopic (exact) mass is 282 g/mol. The SMILES string of the molecule is CCOCC(=O)OCC(=O)Nc1ccc([N+](=O)[O-])cc1. The summed E-state index contributed by atoms with van der Waals surface area (Å²) in [5, 5.41) is 12.9. The van der Waals surface area contributed by atoms with Gasteiger partial charge in [-0.25, -0.2) is 4.79 Å². The Balaban J connectivity index is 2.38. The highest BCUT2D eigenvalue weighted by atomic mass is 16.6. The van der Waals surface area contributed by atoms with Crippen LogP contribution < -0.4 is 5.32 Å². The van der Waals surface area contributed by atoms with E-state index in [1.807, 2.05) is 0 Å². The van der Waals surface area contributed by atoms with Gasteiger partial charge in [-0.2, -0.15) is 0 Å². The van der Waals surface area contributed by atoms with Crippen molar-refractivity contribution >= 4 is 23.3 Å². The van der Waals surface area contributed by atoms with Crippen molar-refractivity contribution in [3.8, 4) is 0 Å². The molecule has 8 heteroatoms. The molecule has 0 saturated carbocycles. The molecule has 108 valence electrons. The summed E-state index contributed by atoms with van der Waals surface area (Å²) in [7, 11) is 0. The summed E-state index contributed by atoms with van der Waals surface area (Å²) in [5.41, 5.74) is 0.299. The van der Waals surface area contributed by atoms with Gasteiger partial charge in [0.15, 0.2) is 6.61 Å². The summed E-state index contributed by atoms with van der Waals surface area (Å²) in [6, 6.07) is 5.30. The molecule has 0 unspecified atom stereocenters. The van der Waals surface area contributed by atoms with Crippen molar-refractivity contribution < 1.29 is 24.0 Å². The third-order valence-electron chi connectivity index (χ3n) is 2.15. The lowest BCUT2D eigenvalue weighted by Crippen LogP contribution is -2.22. The maximum atomic E-state index is 11.4. The van der Waals surface area contributed by atoms with Gasteiger partial charge in [-0.3, -0.25) is 14.9 Å². The van der Waals surface area contributed by atoms with E-state index in [0.29, 0.717) is 12.3 Å². The largest absolute Gasteiger partial charge is 0.454 e. The fourth-order valence-electron chi connectivity index (χ4n) is 1.24. The molecule has 0 aromatic heterocycles. The minimum atomic E-state index is -0.634. The average molecular weight is 282 g/mol. The van der Waals surface area contributed by atoms with Gasteiger partial charge in [0.1, 0.15) is 6.61 Å². The number of esters is 1. The maximum absolute atomic E-state index is 11.4. The molecule has 0 fully saturated rings. The number of rotatable bonds is 7. The second-order valence-electron chi connectivity index (χ2n) is 3.65. The van der Waals surface area contributed by atoms with Crippen molar-refractivity contribution in [3.63, 3.8) is 0 Å². The number of nitrogens with one attached hydrogen (secondary N) is 1. The quantitative estimate of drug-likeness (QED) is 0.456. The topological polar surface area (TPSA) is 108 Å². The molecule has 1 aromatic rings. The molecule has 8 nitrogen and oxygen atoms in total. The molecule has 0 spiro atoms. The van der Waals surface area contributed by atoms with Crippen molar-refractivity contribution in [2.75, 3.05) is 25.1 Å². The minimum absolute atomic E-state index is 0.0776. The lowest BCUT2D eigenvalue weighted by atomic mass is 10.3. The number of amides is 1. The van der Waals surface area contributed by atoms with Crippen LogP contribution in [0.4, 0.5) is 11.4 Å². The average Bonchev–Trinajstić information content (AvgIpc) is 2.43. The molecule has 0 heterocycles. The third kappa shape index (κ3) is 5.44. The van der Waals surface area contributed by atoms with Gasteiger partial charge in [0.2, 0.25) is 0 Å². The Morgan fingerprint density at radius 2 is 1.90 bits per heavy atom. The molecule has 20 heavy (non-hydrogen) atoms. The minimum Gasteiger partial charge on any atom is -0.454 e. The van der Waals surface area contributed by atoms with E-state index in [2.05, 4.69) is 10.1 Å². The normalized spacial score (nSPS) is 9.85. The first-order chi connectivity index (χ1) is 9.52. The van der Waals surface area contributed by atoms with Gasteiger partial charge in [0.25, 0.3) is 11.6 Å². The number of nitrogens with zero attached hydrogens (tertiary/aromatic N) is 1. The van der Waals surface area contributed by atoms with Crippen LogP contribution in [0.5, 0.6) is 0 Å². The summed E-state index contributed by atoms with van der Waals surface area (Å²) >= 11 is 0. The lowest BCUT2D eigenvalue weighted by Gasteiger charge is -2.06. The van der Waals surface area contributed by atoms with Crippen LogP contribution in [0.3, 0.4) is 0 Å². The summed E-state index contributed by atoms with van der Waals surface area (Å²) in [5.74, 6) is -1.17. The Bertz CT molecular complexity index is 485. The molecule has 0 radical (unpaired) electrons. The van der Waals surface area contributed by atoms with Crippen LogP contribution in [0, 0.1) is 10.1 Å². The number of carbonyl (C=O) groups is 2. The van der Waals surface area contributed by atoms with Crippen molar-refractivity contribution in [2.24, 2.45) is 0 Å². The van der Waals surface area contributed by atoms with Gasteiger partial charge in [-0.1, -0.05) is 0 Å². The standard InChI is InChI=1S/C12H14N2O6/c1-2-19-8-12(16)20-7-11(15)13-9-3-5-10(6-4-9)14(17)18/h3-6H,2,7-8H2,1H3,(H,13,15). The van der Waals surface area contributed by atoms with Crippen molar-refractivity contribution in [1.82, 2.24) is 0 Å². The first-order valence-electron chi connectivity index (χ1n) is 5.80. The highest BCUT2D eigenvalue weighted by molar-refractivity contribution is 5.92. The smallest absolute Gasteiger partial charge is 0.332 e. The van der Waals surface area contributed by atoms with Gasteiger partial charge < -0.3 is 14.8 Å². The van der Waals surface area contributed by atoms with Crippen molar-refractivity contribution in [1.29, 1.82) is 0 Å². The molecule has 1 N–H and O–H groups in total. The highest BCUT2D eigenvalue weighted by Gasteiger charge is 2.09. The van der Waals surface area contributed by atoms with Gasteiger partial charge >= 0.3 is 5.97 Å². The number of non-ortho nitro benzene ring substituents is 1. The van der Waals surface area contributed by atoms with E-state index in [-0.39, 0.29) is 12.3 Å². The molecule has 0 saturated heterocycles. The van der Waals surface area contributed by atoms with Gasteiger partial charge in [0, 0.05) is 24.4 Å². The number of ether oxygens (including phenoxy) is 2. The van der Waals surface area contributed by atoms with Gasteiger partial charge in [-0.15, -0.1) is 0 Å². The molecule has 1 aromatic carbocycles. The van der Waals surface area contributed by atoms with Crippen LogP contribution in [0.1, 0.15) is 6.92 Å². The Hall–Kier alpha value is -2.48. The fraction of sp³-hybridized carbons (Fsp3) is 0.333. The van der Waals surface area contributed by atoms with Crippen LogP contribution in [-0.2, 0) is 19.1 Å². The first-order valence-corrected chi connectivity index (χ1v) is 5.80. The van der Waals surface area contributed by atoms with E-state index >= 15 is 0 Å². The van der Waals surface area contributed by atoms with Crippen LogP contribution in [0.2, 0.25) is 0 Å². The Morgan fingerprint density at radius 1 is 1.25 bits per heavy atom. The van der Waals surface area contributed by atoms with Gasteiger partial charge in [0.05, 0.1) is 4.92 Å². The summed E-state index contributed by atoms with van der Waals surface area (Å²) in [6.07, 6.45) is 0. The van der Waals surface area contributed by atoms with E-state index < -0.39 is 23.4 Å². The number of nitro groups is 1. The van der Waals surface area contributed by atoms with E-state index in [9.17, 15) is 19.7 Å². The van der Waals surface area contributed by atoms with E-state index in [4.69, 9.17) is 4.74 Å². The molecule has 0 bridgehead atoms. The predicted octanol–water partition coefficient (Wildman–Crippen LogP) is 1.11. The summed E-state index contributed by atoms with van der Waals surface area (Å²) in [4.78, 5) is 32.4. The molecular formula is C12H14N2O6. The van der Waals surface area contributed by atoms with Crippen molar-refractivity contribution in [2.45, 2.75) is 6.92 Å². The predicted molar refractivity (Wildman–Crippen MR) is 69.2 cm³/mol. The van der Waals surface area contributed by atoms with Gasteiger partial charge in [-0.05, 0) is 19.1 Å². The van der Waals surface area contributed by atoms with E-state index in [1.165, 1.54) is 24.3 Å². The Labute approximate surface area is 114 Å². The van der Waals surface area contributed by atoms with Crippen molar-refractivity contribution in [3.05, 3.63) is 34.4 Å². The zero-order chi connectivity index (χ0) is 15.0. The Kier molecular flexibility index (Phi) is 6.11.